The Bertz CT molecular complexity index is 147. The fourth-order valence-electron chi connectivity index (χ4n) is 0.340. The predicted octanol–water partition coefficient (Wildman–Crippen LogP) is 2.00. The highest BCUT2D eigenvalue weighted by Crippen LogP contribution is 1.97. The molecule has 0 aliphatic carbocycles. The molecule has 0 aromatic carbocycles. The first-order chi connectivity index (χ1) is 4.18. The Labute approximate surface area is 53.9 Å². The van der Waals surface area contributed by atoms with Gasteiger partial charge in [-0.1, -0.05) is 12.2 Å². The van der Waals surface area contributed by atoms with Crippen molar-refractivity contribution in [2.24, 2.45) is 0 Å². The van der Waals surface area contributed by atoms with Gasteiger partial charge in [0.2, 0.25) is 0 Å². The van der Waals surface area contributed by atoms with Crippen LogP contribution in [0.1, 0.15) is 13.3 Å². The first-order valence-electron chi connectivity index (χ1n) is 2.66. The minimum atomic E-state index is -1.36. The number of hydrogen-bond donors (Lipinski definition) is 0. The van der Waals surface area contributed by atoms with Gasteiger partial charge < -0.3 is 0 Å². The van der Waals surface area contributed by atoms with Crippen LogP contribution in [0, 0.1) is 0 Å². The molecule has 50 valence electrons. The molecular weight excluding hydrogens is 119 g/mol. The molecule has 2 heteroatoms. The van der Waals surface area contributed by atoms with Crippen LogP contribution in [0.5, 0.6) is 0 Å². The van der Waals surface area contributed by atoms with Crippen LogP contribution < -0.4 is 0 Å². The van der Waals surface area contributed by atoms with Crippen LogP contribution in [-0.4, -0.2) is 6.04 Å². The van der Waals surface area contributed by atoms with Crippen LogP contribution in [0.25, 0.3) is 0 Å². The van der Waals surface area contributed by atoms with E-state index in [0.717, 1.165) is 0 Å². The lowest BCUT2D eigenvalue weighted by Gasteiger charge is -1.85. The first kappa shape index (κ1) is 8.08. The zero-order valence-electron chi connectivity index (χ0n) is 5.36. The molecule has 0 fully saturated rings. The zero-order chi connectivity index (χ0) is 7.28. The molecule has 0 radical (unpaired) electrons. The molecule has 0 aromatic rings. The Morgan fingerprint density at radius 1 is 1.78 bits per heavy atom. The summed E-state index contributed by atoms with van der Waals surface area (Å²) in [6, 6.07) is -1.36. The maximum absolute atomic E-state index is 11.7. The highest BCUT2D eigenvalue weighted by atomic mass is 19.1. The van der Waals surface area contributed by atoms with Crippen LogP contribution in [0.15, 0.2) is 24.3 Å². The molecule has 0 rings (SSSR count). The normalized spacial score (nSPS) is 11.1. The van der Waals surface area contributed by atoms with Gasteiger partial charge in [0.25, 0.3) is 0 Å². The summed E-state index contributed by atoms with van der Waals surface area (Å²) in [5, 5.41) is 0. The van der Waals surface area contributed by atoms with Gasteiger partial charge >= 0.3 is 6.04 Å². The monoisotopic (exact) mass is 128 g/mol. The molecule has 0 N–H and O–H groups in total. The van der Waals surface area contributed by atoms with Crippen molar-refractivity contribution in [1.29, 1.82) is 0 Å². The Morgan fingerprint density at radius 3 is 2.67 bits per heavy atom. The highest BCUT2D eigenvalue weighted by Gasteiger charge is 1.97. The van der Waals surface area contributed by atoms with Crippen molar-refractivity contribution in [3.63, 3.8) is 0 Å². The van der Waals surface area contributed by atoms with E-state index < -0.39 is 6.04 Å². The minimum absolute atomic E-state index is 0.148. The quantitative estimate of drug-likeness (QED) is 0.323. The van der Waals surface area contributed by atoms with Gasteiger partial charge in [-0.2, -0.15) is 4.39 Å². The topological polar surface area (TPSA) is 17.1 Å². The lowest BCUT2D eigenvalue weighted by Crippen LogP contribution is -1.87. The molecule has 0 amide bonds. The van der Waals surface area contributed by atoms with Gasteiger partial charge in [-0.25, -0.2) is 0 Å². The summed E-state index contributed by atoms with van der Waals surface area (Å²) in [6.45, 7) is 4.85. The second-order valence-corrected chi connectivity index (χ2v) is 1.69. The molecule has 0 atom stereocenters. The van der Waals surface area contributed by atoms with Crippen molar-refractivity contribution in [3.05, 3.63) is 24.3 Å². The highest BCUT2D eigenvalue weighted by molar-refractivity contribution is 5.86. The van der Waals surface area contributed by atoms with Gasteiger partial charge in [0.05, 0.1) is 0 Å². The average molecular weight is 128 g/mol. The summed E-state index contributed by atoms with van der Waals surface area (Å²) in [5.41, 5.74) is 0.148. The summed E-state index contributed by atoms with van der Waals surface area (Å²) >= 11 is 0. The van der Waals surface area contributed by atoms with Gasteiger partial charge in [-0.05, 0) is 13.3 Å². The van der Waals surface area contributed by atoms with Crippen LogP contribution in [0.4, 0.5) is 4.39 Å². The van der Waals surface area contributed by atoms with Gasteiger partial charge in [0, 0.05) is 5.57 Å². The molecule has 0 aliphatic heterocycles. The Hall–Kier alpha value is -0.920. The van der Waals surface area contributed by atoms with E-state index in [9.17, 15) is 9.18 Å². The van der Waals surface area contributed by atoms with Crippen LogP contribution in [0.3, 0.4) is 0 Å². The van der Waals surface area contributed by atoms with Crippen LogP contribution in [0.2, 0.25) is 0 Å². The second kappa shape index (κ2) is 4.01. The minimum Gasteiger partial charge on any atom is -0.256 e. The Kier molecular flexibility index (Phi) is 3.60. The van der Waals surface area contributed by atoms with Crippen molar-refractivity contribution in [1.82, 2.24) is 0 Å². The molecule has 9 heavy (non-hydrogen) atoms. The fraction of sp³-hybridized carbons (Fsp3) is 0.286. The summed E-state index contributed by atoms with van der Waals surface area (Å²) in [4.78, 5) is 9.88. The molecule has 0 saturated carbocycles. The summed E-state index contributed by atoms with van der Waals surface area (Å²) in [6.07, 6.45) is 3.64. The van der Waals surface area contributed by atoms with Gasteiger partial charge in [0.1, 0.15) is 0 Å². The van der Waals surface area contributed by atoms with E-state index in [2.05, 4.69) is 6.58 Å². The maximum atomic E-state index is 11.7. The summed E-state index contributed by atoms with van der Waals surface area (Å²) in [7, 11) is 0. The fourth-order valence-corrected chi connectivity index (χ4v) is 0.340. The molecule has 0 aliphatic rings. The van der Waals surface area contributed by atoms with E-state index in [1.165, 1.54) is 13.0 Å². The standard InChI is InChI=1S/C7H9FO/c1-3-4-5-6(2)7(8)9/h3,5H,1,4H2,2H3. The van der Waals surface area contributed by atoms with E-state index in [-0.39, 0.29) is 5.57 Å². The Morgan fingerprint density at radius 2 is 2.33 bits per heavy atom. The zero-order valence-corrected chi connectivity index (χ0v) is 5.36. The maximum Gasteiger partial charge on any atom is 0.327 e. The third-order valence-corrected chi connectivity index (χ3v) is 0.901. The van der Waals surface area contributed by atoms with Crippen molar-refractivity contribution in [3.8, 4) is 0 Å². The van der Waals surface area contributed by atoms with E-state index in [1.54, 1.807) is 6.08 Å². The van der Waals surface area contributed by atoms with E-state index >= 15 is 0 Å². The number of carbonyl (C=O) groups is 1. The van der Waals surface area contributed by atoms with Gasteiger partial charge in [-0.15, -0.1) is 6.58 Å². The van der Waals surface area contributed by atoms with Crippen molar-refractivity contribution in [2.75, 3.05) is 0 Å². The van der Waals surface area contributed by atoms with E-state index in [4.69, 9.17) is 0 Å². The molecule has 1 nitrogen and oxygen atoms in total. The van der Waals surface area contributed by atoms with Gasteiger partial charge in [-0.3, -0.25) is 4.79 Å². The predicted molar refractivity (Wildman–Crippen MR) is 34.7 cm³/mol. The van der Waals surface area contributed by atoms with Crippen molar-refractivity contribution >= 4 is 6.04 Å². The third-order valence-electron chi connectivity index (χ3n) is 0.901. The first-order valence-corrected chi connectivity index (χ1v) is 2.66. The number of hydrogen-bond acceptors (Lipinski definition) is 1. The molecular formula is C7H9FO. The third kappa shape index (κ3) is 3.64. The molecule has 0 heterocycles. The SMILES string of the molecule is C=CCC=C(C)C(=O)F. The lowest BCUT2D eigenvalue weighted by atomic mass is 10.2. The summed E-state index contributed by atoms with van der Waals surface area (Å²) in [5.74, 6) is 0. The molecule has 0 spiro atoms. The Balaban J connectivity index is 3.83. The van der Waals surface area contributed by atoms with Gasteiger partial charge in [0.15, 0.2) is 0 Å². The average Bonchev–Trinajstić information content (AvgIpc) is 1.82. The smallest absolute Gasteiger partial charge is 0.256 e. The molecule has 0 aromatic heterocycles. The van der Waals surface area contributed by atoms with E-state index in [0.29, 0.717) is 6.42 Å². The van der Waals surface area contributed by atoms with Crippen LogP contribution >= 0.6 is 0 Å². The molecule has 0 saturated heterocycles. The lowest BCUT2D eigenvalue weighted by molar-refractivity contribution is -0.125. The van der Waals surface area contributed by atoms with Crippen LogP contribution in [-0.2, 0) is 4.79 Å². The molecule has 0 bridgehead atoms. The number of carbonyl (C=O) groups excluding carboxylic acids is 1. The molecule has 0 unspecified atom stereocenters. The van der Waals surface area contributed by atoms with Crippen molar-refractivity contribution in [2.45, 2.75) is 13.3 Å². The number of allylic oxidation sites excluding steroid dienone is 3. The number of halogens is 1. The van der Waals surface area contributed by atoms with Crippen molar-refractivity contribution < 1.29 is 9.18 Å². The van der Waals surface area contributed by atoms with E-state index in [1.807, 2.05) is 0 Å². The summed E-state index contributed by atoms with van der Waals surface area (Å²) < 4.78 is 11.7. The number of rotatable bonds is 3. The second-order valence-electron chi connectivity index (χ2n) is 1.69. The largest absolute Gasteiger partial charge is 0.327 e.